The molecule has 1 aliphatic carbocycles. The number of hydrogen-bond acceptors (Lipinski definition) is 7. The Kier molecular flexibility index (Phi) is 6.59. The number of benzene rings is 2. The third kappa shape index (κ3) is 5.11. The molecule has 3 aromatic rings. The zero-order valence-electron chi connectivity index (χ0n) is 15.5. The number of hydrogen-bond donors (Lipinski definition) is 2. The molecule has 28 heavy (non-hydrogen) atoms. The van der Waals surface area contributed by atoms with E-state index >= 15 is 0 Å². The van der Waals surface area contributed by atoms with E-state index in [2.05, 4.69) is 39.8 Å². The van der Waals surface area contributed by atoms with Gasteiger partial charge >= 0.3 is 0 Å². The molecule has 0 spiro atoms. The Hall–Kier alpha value is -1.93. The Balaban J connectivity index is 1.24. The van der Waals surface area contributed by atoms with Crippen molar-refractivity contribution in [1.82, 2.24) is 10.2 Å². The standard InChI is InChI=1S/C21H23N3O2S2/c25-17(13-26-19-12-6-8-15-7-4-5-11-18(15)19)14-27-21-24-23-20(28-21)22-16-9-2-1-3-10-16/h1-5,7,9-11,17,19,25H,6,8,12-14H2,(H,22,23)/t17-,19+/m0/s1. The van der Waals surface area contributed by atoms with Crippen molar-refractivity contribution < 1.29 is 9.84 Å². The summed E-state index contributed by atoms with van der Waals surface area (Å²) in [6.07, 6.45) is 2.82. The minimum atomic E-state index is -0.534. The summed E-state index contributed by atoms with van der Waals surface area (Å²) in [7, 11) is 0. The van der Waals surface area contributed by atoms with Gasteiger partial charge in [-0.15, -0.1) is 10.2 Å². The van der Waals surface area contributed by atoms with Crippen LogP contribution in [0.1, 0.15) is 30.1 Å². The molecule has 1 aliphatic rings. The summed E-state index contributed by atoms with van der Waals surface area (Å²) in [4.78, 5) is 0. The Morgan fingerprint density at radius 2 is 1.96 bits per heavy atom. The van der Waals surface area contributed by atoms with Crippen molar-refractivity contribution in [3.05, 3.63) is 65.7 Å². The Bertz CT molecular complexity index is 888. The number of aryl methyl sites for hydroxylation is 1. The van der Waals surface area contributed by atoms with Gasteiger partial charge in [0.25, 0.3) is 0 Å². The number of ether oxygens (including phenoxy) is 1. The normalized spacial score (nSPS) is 17.1. The maximum atomic E-state index is 10.3. The van der Waals surface area contributed by atoms with Gasteiger partial charge in [-0.1, -0.05) is 65.6 Å². The van der Waals surface area contributed by atoms with Gasteiger partial charge in [0.05, 0.1) is 18.8 Å². The molecule has 2 atom stereocenters. The molecular weight excluding hydrogens is 390 g/mol. The second-order valence-electron chi connectivity index (χ2n) is 6.74. The highest BCUT2D eigenvalue weighted by Gasteiger charge is 2.21. The molecule has 0 bridgehead atoms. The first kappa shape index (κ1) is 19.4. The fraction of sp³-hybridized carbons (Fsp3) is 0.333. The lowest BCUT2D eigenvalue weighted by molar-refractivity contribution is -0.00959. The molecule has 0 aliphatic heterocycles. The third-order valence-corrected chi connectivity index (χ3v) is 6.75. The molecule has 2 N–H and O–H groups in total. The van der Waals surface area contributed by atoms with Gasteiger partial charge in [0.2, 0.25) is 5.13 Å². The average Bonchev–Trinajstić information content (AvgIpc) is 3.18. The molecular formula is C21H23N3O2S2. The van der Waals surface area contributed by atoms with E-state index < -0.39 is 6.10 Å². The van der Waals surface area contributed by atoms with Gasteiger partial charge in [-0.05, 0) is 42.5 Å². The van der Waals surface area contributed by atoms with Crippen molar-refractivity contribution in [3.8, 4) is 0 Å². The number of aliphatic hydroxyl groups excluding tert-OH is 1. The Morgan fingerprint density at radius 3 is 2.86 bits per heavy atom. The number of thioether (sulfide) groups is 1. The van der Waals surface area contributed by atoms with Crippen LogP contribution in [0.4, 0.5) is 10.8 Å². The smallest absolute Gasteiger partial charge is 0.210 e. The maximum Gasteiger partial charge on any atom is 0.210 e. The highest BCUT2D eigenvalue weighted by Crippen LogP contribution is 2.33. The molecule has 1 heterocycles. The minimum absolute atomic E-state index is 0.0906. The fourth-order valence-electron chi connectivity index (χ4n) is 3.29. The van der Waals surface area contributed by atoms with Crippen LogP contribution in [0.3, 0.4) is 0 Å². The molecule has 0 amide bonds. The SMILES string of the molecule is O[C@@H](CO[C@@H]1CCCc2ccccc21)CSc1nnc(Nc2ccccc2)s1. The molecule has 4 rings (SSSR count). The van der Waals surface area contributed by atoms with E-state index in [4.69, 9.17) is 4.74 Å². The third-order valence-electron chi connectivity index (χ3n) is 4.63. The summed E-state index contributed by atoms with van der Waals surface area (Å²) in [5.74, 6) is 0.536. The predicted octanol–water partition coefficient (Wildman–Crippen LogP) is 4.83. The van der Waals surface area contributed by atoms with Gasteiger partial charge in [0.1, 0.15) is 0 Å². The summed E-state index contributed by atoms with van der Waals surface area (Å²) >= 11 is 2.99. The van der Waals surface area contributed by atoms with E-state index in [9.17, 15) is 5.11 Å². The minimum Gasteiger partial charge on any atom is -0.390 e. The number of rotatable bonds is 8. The molecule has 0 saturated heterocycles. The van der Waals surface area contributed by atoms with Gasteiger partial charge in [0.15, 0.2) is 4.34 Å². The van der Waals surface area contributed by atoms with E-state index in [1.807, 2.05) is 30.3 Å². The van der Waals surface area contributed by atoms with Crippen molar-refractivity contribution in [2.24, 2.45) is 0 Å². The van der Waals surface area contributed by atoms with Crippen LogP contribution in [0, 0.1) is 0 Å². The van der Waals surface area contributed by atoms with Crippen molar-refractivity contribution in [3.63, 3.8) is 0 Å². The Morgan fingerprint density at radius 1 is 1.14 bits per heavy atom. The van der Waals surface area contributed by atoms with E-state index in [1.165, 1.54) is 34.2 Å². The van der Waals surface area contributed by atoms with E-state index in [0.29, 0.717) is 12.4 Å². The maximum absolute atomic E-state index is 10.3. The van der Waals surface area contributed by atoms with Crippen LogP contribution in [0.25, 0.3) is 0 Å². The highest BCUT2D eigenvalue weighted by molar-refractivity contribution is 8.01. The molecule has 0 fully saturated rings. The number of fused-ring (bicyclic) bond motifs is 1. The lowest BCUT2D eigenvalue weighted by atomic mass is 9.89. The second kappa shape index (κ2) is 9.52. The van der Waals surface area contributed by atoms with Crippen LogP contribution in [0.5, 0.6) is 0 Å². The van der Waals surface area contributed by atoms with E-state index in [1.54, 1.807) is 0 Å². The van der Waals surface area contributed by atoms with E-state index in [-0.39, 0.29) is 6.10 Å². The fourth-order valence-corrected chi connectivity index (χ4v) is 4.99. The van der Waals surface area contributed by atoms with Crippen molar-refractivity contribution in [2.75, 3.05) is 17.7 Å². The topological polar surface area (TPSA) is 67.3 Å². The lowest BCUT2D eigenvalue weighted by Crippen LogP contribution is -2.22. The van der Waals surface area contributed by atoms with Crippen LogP contribution < -0.4 is 5.32 Å². The number of anilines is 2. The number of aliphatic hydroxyl groups is 1. The van der Waals surface area contributed by atoms with Crippen molar-refractivity contribution in [1.29, 1.82) is 0 Å². The van der Waals surface area contributed by atoms with Crippen LogP contribution in [0.2, 0.25) is 0 Å². The summed E-state index contributed by atoms with van der Waals surface area (Å²) in [6, 6.07) is 18.3. The number of nitrogens with one attached hydrogen (secondary N) is 1. The van der Waals surface area contributed by atoms with Gasteiger partial charge in [-0.25, -0.2) is 0 Å². The zero-order valence-corrected chi connectivity index (χ0v) is 17.1. The quantitative estimate of drug-likeness (QED) is 0.516. The van der Waals surface area contributed by atoms with Crippen LogP contribution in [-0.2, 0) is 11.2 Å². The first-order valence-corrected chi connectivity index (χ1v) is 11.2. The van der Waals surface area contributed by atoms with Crippen LogP contribution in [0.15, 0.2) is 58.9 Å². The number of aromatic nitrogens is 2. The van der Waals surface area contributed by atoms with E-state index in [0.717, 1.165) is 34.4 Å². The zero-order chi connectivity index (χ0) is 19.2. The molecule has 146 valence electrons. The van der Waals surface area contributed by atoms with Gasteiger partial charge in [0, 0.05) is 11.4 Å². The van der Waals surface area contributed by atoms with Crippen LogP contribution >= 0.6 is 23.1 Å². The van der Waals surface area contributed by atoms with Crippen molar-refractivity contribution in [2.45, 2.75) is 35.8 Å². The van der Waals surface area contributed by atoms with Crippen LogP contribution in [-0.4, -0.2) is 33.8 Å². The summed E-state index contributed by atoms with van der Waals surface area (Å²) in [5.41, 5.74) is 3.63. The summed E-state index contributed by atoms with van der Waals surface area (Å²) in [6.45, 7) is 0.333. The largest absolute Gasteiger partial charge is 0.390 e. The first-order valence-electron chi connectivity index (χ1n) is 9.44. The summed E-state index contributed by atoms with van der Waals surface area (Å²) < 4.78 is 6.87. The van der Waals surface area contributed by atoms with Gasteiger partial charge in [-0.3, -0.25) is 0 Å². The lowest BCUT2D eigenvalue weighted by Gasteiger charge is -2.26. The monoisotopic (exact) mass is 413 g/mol. The number of nitrogens with zero attached hydrogens (tertiary/aromatic N) is 2. The molecule has 5 nitrogen and oxygen atoms in total. The number of para-hydroxylation sites is 1. The first-order chi connectivity index (χ1) is 13.8. The molecule has 1 aromatic heterocycles. The average molecular weight is 414 g/mol. The molecule has 7 heteroatoms. The van der Waals surface area contributed by atoms with Gasteiger partial charge in [-0.2, -0.15) is 0 Å². The molecule has 2 aromatic carbocycles. The highest BCUT2D eigenvalue weighted by atomic mass is 32.2. The van der Waals surface area contributed by atoms with Crippen molar-refractivity contribution >= 4 is 33.9 Å². The molecule has 0 radical (unpaired) electrons. The predicted molar refractivity (Wildman–Crippen MR) is 114 cm³/mol. The second-order valence-corrected chi connectivity index (χ2v) is 8.99. The Labute approximate surface area is 173 Å². The molecule has 0 unspecified atom stereocenters. The summed E-state index contributed by atoms with van der Waals surface area (Å²) in [5, 5.41) is 22.6. The molecule has 0 saturated carbocycles. The van der Waals surface area contributed by atoms with Gasteiger partial charge < -0.3 is 15.2 Å².